The molecule has 0 radical (unpaired) electrons. The predicted octanol–water partition coefficient (Wildman–Crippen LogP) is 0.382. The Hall–Kier alpha value is -1.79. The number of morpholine rings is 1. The summed E-state index contributed by atoms with van der Waals surface area (Å²) < 4.78 is 7.72. The van der Waals surface area contributed by atoms with Crippen molar-refractivity contribution in [2.45, 2.75) is 12.6 Å². The van der Waals surface area contributed by atoms with Crippen LogP contribution in [0.3, 0.4) is 0 Å². The van der Waals surface area contributed by atoms with E-state index in [2.05, 4.69) is 20.5 Å². The molecule has 1 N–H and O–H groups in total. The molecule has 0 bridgehead atoms. The molecular formula is C12H15N5O. The van der Waals surface area contributed by atoms with Crippen molar-refractivity contribution in [3.05, 3.63) is 42.2 Å². The molecule has 6 heteroatoms. The van der Waals surface area contributed by atoms with E-state index in [1.54, 1.807) is 18.7 Å². The molecule has 0 spiro atoms. The second-order valence-electron chi connectivity index (χ2n) is 4.24. The number of pyridine rings is 1. The number of aromatic nitrogens is 4. The second kappa shape index (κ2) is 5.24. The van der Waals surface area contributed by atoms with Gasteiger partial charge in [-0.1, -0.05) is 0 Å². The summed E-state index contributed by atoms with van der Waals surface area (Å²) in [6.07, 6.45) is 5.31. The van der Waals surface area contributed by atoms with Crippen LogP contribution in [0.5, 0.6) is 0 Å². The van der Waals surface area contributed by atoms with Crippen LogP contribution in [0.15, 0.2) is 30.9 Å². The van der Waals surface area contributed by atoms with Crippen molar-refractivity contribution in [3.63, 3.8) is 0 Å². The smallest absolute Gasteiger partial charge is 0.163 e. The van der Waals surface area contributed by atoms with E-state index in [0.717, 1.165) is 25.5 Å². The zero-order valence-electron chi connectivity index (χ0n) is 9.99. The van der Waals surface area contributed by atoms with Crippen LogP contribution in [0.25, 0.3) is 0 Å². The average molecular weight is 245 g/mol. The molecule has 0 saturated carbocycles. The first-order chi connectivity index (χ1) is 8.93. The van der Waals surface area contributed by atoms with Crippen LogP contribution in [0, 0.1) is 0 Å². The van der Waals surface area contributed by atoms with Crippen molar-refractivity contribution in [3.8, 4) is 0 Å². The normalized spacial score (nSPS) is 19.9. The molecule has 1 atom stereocenters. The van der Waals surface area contributed by atoms with E-state index in [9.17, 15) is 0 Å². The minimum absolute atomic E-state index is 0.0110. The molecule has 1 aliphatic heterocycles. The highest BCUT2D eigenvalue weighted by Gasteiger charge is 2.21. The molecule has 0 amide bonds. The lowest BCUT2D eigenvalue weighted by Crippen LogP contribution is -2.34. The number of ether oxygens (including phenoxy) is 1. The highest BCUT2D eigenvalue weighted by molar-refractivity contribution is 5.11. The minimum atomic E-state index is -0.0110. The third kappa shape index (κ3) is 2.39. The molecule has 3 heterocycles. The van der Waals surface area contributed by atoms with Gasteiger partial charge in [0.05, 0.1) is 13.2 Å². The van der Waals surface area contributed by atoms with E-state index in [-0.39, 0.29) is 6.10 Å². The van der Waals surface area contributed by atoms with Crippen molar-refractivity contribution in [1.82, 2.24) is 25.1 Å². The van der Waals surface area contributed by atoms with Crippen LogP contribution in [-0.2, 0) is 11.3 Å². The van der Waals surface area contributed by atoms with Crippen LogP contribution in [0.2, 0.25) is 0 Å². The molecule has 1 fully saturated rings. The standard InChI is InChI=1S/C12H15N5O/c1-3-13-4-2-10(1)8-17-9-15-16-12(17)11-7-14-5-6-18-11/h1-4,9,11,14H,5-8H2. The van der Waals surface area contributed by atoms with Crippen LogP contribution >= 0.6 is 0 Å². The average Bonchev–Trinajstić information content (AvgIpc) is 2.89. The van der Waals surface area contributed by atoms with Gasteiger partial charge in [-0.05, 0) is 17.7 Å². The lowest BCUT2D eigenvalue weighted by atomic mass is 10.2. The van der Waals surface area contributed by atoms with Crippen molar-refractivity contribution in [2.24, 2.45) is 0 Å². The number of hydrogen-bond donors (Lipinski definition) is 1. The van der Waals surface area contributed by atoms with E-state index in [0.29, 0.717) is 6.61 Å². The largest absolute Gasteiger partial charge is 0.368 e. The Morgan fingerprint density at radius 1 is 1.39 bits per heavy atom. The molecule has 18 heavy (non-hydrogen) atoms. The third-order valence-electron chi connectivity index (χ3n) is 2.96. The van der Waals surface area contributed by atoms with Crippen LogP contribution in [0.1, 0.15) is 17.5 Å². The number of nitrogens with one attached hydrogen (secondary N) is 1. The highest BCUT2D eigenvalue weighted by atomic mass is 16.5. The minimum Gasteiger partial charge on any atom is -0.368 e. The fourth-order valence-electron chi connectivity index (χ4n) is 2.05. The summed E-state index contributed by atoms with van der Waals surface area (Å²) in [5.41, 5.74) is 1.18. The monoisotopic (exact) mass is 245 g/mol. The van der Waals surface area contributed by atoms with Gasteiger partial charge in [-0.2, -0.15) is 0 Å². The van der Waals surface area contributed by atoms with Crippen LogP contribution in [-0.4, -0.2) is 39.4 Å². The Kier molecular flexibility index (Phi) is 3.29. The lowest BCUT2D eigenvalue weighted by Gasteiger charge is -2.23. The van der Waals surface area contributed by atoms with Crippen molar-refractivity contribution >= 4 is 0 Å². The fraction of sp³-hybridized carbons (Fsp3) is 0.417. The van der Waals surface area contributed by atoms with Gasteiger partial charge in [0.15, 0.2) is 5.82 Å². The number of rotatable bonds is 3. The summed E-state index contributed by atoms with van der Waals surface area (Å²) >= 11 is 0. The summed E-state index contributed by atoms with van der Waals surface area (Å²) in [5, 5.41) is 11.4. The Morgan fingerprint density at radius 3 is 3.06 bits per heavy atom. The molecule has 2 aromatic rings. The maximum atomic E-state index is 5.70. The van der Waals surface area contributed by atoms with E-state index >= 15 is 0 Å². The molecule has 1 saturated heterocycles. The van der Waals surface area contributed by atoms with E-state index < -0.39 is 0 Å². The molecule has 2 aromatic heterocycles. The summed E-state index contributed by atoms with van der Waals surface area (Å²) in [7, 11) is 0. The Morgan fingerprint density at radius 2 is 2.28 bits per heavy atom. The summed E-state index contributed by atoms with van der Waals surface area (Å²) in [6.45, 7) is 3.14. The first-order valence-corrected chi connectivity index (χ1v) is 6.02. The highest BCUT2D eigenvalue weighted by Crippen LogP contribution is 2.17. The maximum absolute atomic E-state index is 5.70. The first kappa shape index (κ1) is 11.3. The number of hydrogen-bond acceptors (Lipinski definition) is 5. The van der Waals surface area contributed by atoms with E-state index in [1.165, 1.54) is 5.56 Å². The summed E-state index contributed by atoms with van der Waals surface area (Å²) in [4.78, 5) is 4.01. The van der Waals surface area contributed by atoms with Gasteiger partial charge < -0.3 is 14.6 Å². The fourth-order valence-corrected chi connectivity index (χ4v) is 2.05. The van der Waals surface area contributed by atoms with Gasteiger partial charge in [-0.15, -0.1) is 10.2 Å². The van der Waals surface area contributed by atoms with Gasteiger partial charge >= 0.3 is 0 Å². The van der Waals surface area contributed by atoms with Gasteiger partial charge in [0.1, 0.15) is 12.4 Å². The van der Waals surface area contributed by atoms with Crippen molar-refractivity contribution in [2.75, 3.05) is 19.7 Å². The van der Waals surface area contributed by atoms with Crippen LogP contribution in [0.4, 0.5) is 0 Å². The zero-order chi connectivity index (χ0) is 12.2. The molecule has 1 aliphatic rings. The van der Waals surface area contributed by atoms with Gasteiger partial charge in [0.25, 0.3) is 0 Å². The summed E-state index contributed by atoms with van der Waals surface area (Å²) in [6, 6.07) is 3.98. The molecule has 1 unspecified atom stereocenters. The number of nitrogens with zero attached hydrogens (tertiary/aromatic N) is 4. The SMILES string of the molecule is c1cc(Cn2cnnc2C2CNCCO2)ccn1. The van der Waals surface area contributed by atoms with E-state index in [4.69, 9.17) is 4.74 Å². The molecule has 6 nitrogen and oxygen atoms in total. The third-order valence-corrected chi connectivity index (χ3v) is 2.96. The maximum Gasteiger partial charge on any atom is 0.163 e. The molecule has 94 valence electrons. The Balaban J connectivity index is 1.78. The predicted molar refractivity (Wildman–Crippen MR) is 64.9 cm³/mol. The van der Waals surface area contributed by atoms with Crippen molar-refractivity contribution < 1.29 is 4.74 Å². The van der Waals surface area contributed by atoms with Gasteiger partial charge in [-0.25, -0.2) is 0 Å². The Labute approximate surface area is 105 Å². The quantitative estimate of drug-likeness (QED) is 0.847. The molecular weight excluding hydrogens is 230 g/mol. The lowest BCUT2D eigenvalue weighted by molar-refractivity contribution is 0.0199. The van der Waals surface area contributed by atoms with Crippen LogP contribution < -0.4 is 5.32 Å². The van der Waals surface area contributed by atoms with Gasteiger partial charge in [0, 0.05) is 25.5 Å². The molecule has 0 aliphatic carbocycles. The van der Waals surface area contributed by atoms with E-state index in [1.807, 2.05) is 16.7 Å². The zero-order valence-corrected chi connectivity index (χ0v) is 9.99. The van der Waals surface area contributed by atoms with Gasteiger partial charge in [0.2, 0.25) is 0 Å². The Bertz CT molecular complexity index is 492. The first-order valence-electron chi connectivity index (χ1n) is 6.02. The topological polar surface area (TPSA) is 64.9 Å². The van der Waals surface area contributed by atoms with Gasteiger partial charge in [-0.3, -0.25) is 4.98 Å². The molecule has 3 rings (SSSR count). The second-order valence-corrected chi connectivity index (χ2v) is 4.24. The summed E-state index contributed by atoms with van der Waals surface area (Å²) in [5.74, 6) is 0.874. The van der Waals surface area contributed by atoms with Crippen molar-refractivity contribution in [1.29, 1.82) is 0 Å². The molecule has 0 aromatic carbocycles.